The maximum absolute atomic E-state index is 13.0. The van der Waals surface area contributed by atoms with Gasteiger partial charge in [0.2, 0.25) is 0 Å². The molecule has 0 radical (unpaired) electrons. The minimum absolute atomic E-state index is 0.00516. The number of amides is 1. The maximum atomic E-state index is 13.0. The molecule has 29 heavy (non-hydrogen) atoms. The lowest BCUT2D eigenvalue weighted by Gasteiger charge is -2.38. The summed E-state index contributed by atoms with van der Waals surface area (Å²) >= 11 is 1.67. The Morgan fingerprint density at radius 2 is 2.10 bits per heavy atom. The van der Waals surface area contributed by atoms with Crippen LogP contribution in [0.1, 0.15) is 27.9 Å². The third kappa shape index (κ3) is 3.14. The van der Waals surface area contributed by atoms with E-state index in [4.69, 9.17) is 4.42 Å². The summed E-state index contributed by atoms with van der Waals surface area (Å²) in [5.41, 5.74) is 4.78. The third-order valence-corrected chi connectivity index (χ3v) is 6.32. The lowest BCUT2D eigenvalue weighted by molar-refractivity contribution is 0.0540. The van der Waals surface area contributed by atoms with Crippen LogP contribution in [-0.2, 0) is 0 Å². The van der Waals surface area contributed by atoms with E-state index in [0.29, 0.717) is 24.4 Å². The summed E-state index contributed by atoms with van der Waals surface area (Å²) in [6.07, 6.45) is 3.57. The Bertz CT molecular complexity index is 1160. The zero-order valence-electron chi connectivity index (χ0n) is 16.3. The average Bonchev–Trinajstić information content (AvgIpc) is 3.48. The number of nitrogens with zero attached hydrogens (tertiary/aromatic N) is 5. The number of hydrogen-bond acceptors (Lipinski definition) is 6. The van der Waals surface area contributed by atoms with E-state index in [1.807, 2.05) is 22.5 Å². The van der Waals surface area contributed by atoms with Crippen LogP contribution in [0.4, 0.5) is 0 Å². The number of likely N-dealkylation sites (N-methyl/N-ethyl adjacent to an activating group) is 1. The largest absolute Gasteiger partial charge is 0.469 e. The molecule has 148 valence electrons. The summed E-state index contributed by atoms with van der Waals surface area (Å²) in [5.74, 6) is 0.658. The normalized spacial score (nSPS) is 17.9. The average molecular weight is 407 g/mol. The van der Waals surface area contributed by atoms with Gasteiger partial charge in [-0.05, 0) is 48.5 Å². The van der Waals surface area contributed by atoms with Crippen LogP contribution in [0.3, 0.4) is 0 Å². The van der Waals surface area contributed by atoms with Crippen molar-refractivity contribution >= 4 is 22.8 Å². The molecule has 0 aliphatic carbocycles. The van der Waals surface area contributed by atoms with E-state index in [9.17, 15) is 4.79 Å². The van der Waals surface area contributed by atoms with E-state index in [-0.39, 0.29) is 11.9 Å². The van der Waals surface area contributed by atoms with Crippen LogP contribution in [0.5, 0.6) is 0 Å². The van der Waals surface area contributed by atoms with Crippen molar-refractivity contribution in [3.05, 3.63) is 64.5 Å². The molecule has 5 heterocycles. The Hall–Kier alpha value is -2.97. The van der Waals surface area contributed by atoms with Crippen molar-refractivity contribution in [2.75, 3.05) is 26.7 Å². The highest BCUT2D eigenvalue weighted by atomic mass is 32.1. The first-order valence-corrected chi connectivity index (χ1v) is 10.5. The third-order valence-electron chi connectivity index (χ3n) is 5.63. The molecule has 0 spiro atoms. The SMILES string of the molecule is Cc1occc1C(=O)N1CCN(C)[C@@H](c2nnn3cc(-c4ccsc4)ccc23)C1. The molecule has 0 bridgehead atoms. The number of hydrogen-bond donors (Lipinski definition) is 0. The molecule has 5 rings (SSSR count). The van der Waals surface area contributed by atoms with Gasteiger partial charge in [-0.3, -0.25) is 9.69 Å². The van der Waals surface area contributed by atoms with E-state index in [1.54, 1.807) is 23.7 Å². The van der Waals surface area contributed by atoms with Gasteiger partial charge in [0.1, 0.15) is 11.5 Å². The summed E-state index contributed by atoms with van der Waals surface area (Å²) in [6, 6.07) is 8.00. The fourth-order valence-corrected chi connectivity index (χ4v) is 4.55. The van der Waals surface area contributed by atoms with Gasteiger partial charge in [0.25, 0.3) is 5.91 Å². The van der Waals surface area contributed by atoms with E-state index in [1.165, 1.54) is 5.56 Å². The van der Waals surface area contributed by atoms with E-state index in [0.717, 1.165) is 23.3 Å². The molecular weight excluding hydrogens is 386 g/mol. The van der Waals surface area contributed by atoms with Gasteiger partial charge >= 0.3 is 0 Å². The molecule has 4 aromatic rings. The van der Waals surface area contributed by atoms with Gasteiger partial charge < -0.3 is 9.32 Å². The van der Waals surface area contributed by atoms with Crippen molar-refractivity contribution in [2.45, 2.75) is 13.0 Å². The smallest absolute Gasteiger partial charge is 0.257 e. The van der Waals surface area contributed by atoms with Gasteiger partial charge in [-0.2, -0.15) is 11.3 Å². The number of aryl methyl sites for hydroxylation is 1. The standard InChI is InChI=1S/C21H21N5O2S/c1-14-17(5-9-28-14)21(27)25-8-7-24(2)19(12-25)20-18-4-3-15(11-26(18)23-22-20)16-6-10-29-13-16/h3-6,9-11,13,19H,7-8,12H2,1-2H3/t19-/m1/s1. The molecule has 0 saturated carbocycles. The second kappa shape index (κ2) is 7.13. The second-order valence-electron chi connectivity index (χ2n) is 7.37. The number of carbonyl (C=O) groups excluding carboxylic acids is 1. The van der Waals surface area contributed by atoms with Crippen LogP contribution in [0.25, 0.3) is 16.6 Å². The van der Waals surface area contributed by atoms with E-state index < -0.39 is 0 Å². The number of fused-ring (bicyclic) bond motifs is 1. The number of carbonyl (C=O) groups is 1. The maximum Gasteiger partial charge on any atom is 0.257 e. The Morgan fingerprint density at radius 1 is 1.21 bits per heavy atom. The Balaban J connectivity index is 1.45. The van der Waals surface area contributed by atoms with Crippen molar-refractivity contribution in [3.8, 4) is 11.1 Å². The lowest BCUT2D eigenvalue weighted by atomic mass is 10.1. The minimum atomic E-state index is -0.00981. The fourth-order valence-electron chi connectivity index (χ4n) is 3.88. The Labute approximate surface area is 172 Å². The first-order chi connectivity index (χ1) is 14.1. The molecule has 7 nitrogen and oxygen atoms in total. The molecule has 1 saturated heterocycles. The predicted molar refractivity (Wildman–Crippen MR) is 111 cm³/mol. The molecule has 1 aliphatic rings. The molecule has 4 aromatic heterocycles. The zero-order valence-corrected chi connectivity index (χ0v) is 17.1. The van der Waals surface area contributed by atoms with Crippen LogP contribution in [0, 0.1) is 6.92 Å². The monoisotopic (exact) mass is 407 g/mol. The zero-order chi connectivity index (χ0) is 20.0. The van der Waals surface area contributed by atoms with Crippen LogP contribution >= 0.6 is 11.3 Å². The van der Waals surface area contributed by atoms with Gasteiger partial charge in [-0.15, -0.1) is 5.10 Å². The summed E-state index contributed by atoms with van der Waals surface area (Å²) < 4.78 is 7.14. The van der Waals surface area contributed by atoms with Crippen molar-refractivity contribution in [3.63, 3.8) is 0 Å². The number of rotatable bonds is 3. The number of pyridine rings is 1. The topological polar surface area (TPSA) is 66.9 Å². The predicted octanol–water partition coefficient (Wildman–Crippen LogP) is 3.49. The first kappa shape index (κ1) is 18.1. The molecule has 0 aromatic carbocycles. The summed E-state index contributed by atoms with van der Waals surface area (Å²) in [5, 5.41) is 13.0. The molecule has 1 atom stereocenters. The van der Waals surface area contributed by atoms with Crippen LogP contribution in [0.15, 0.2) is 51.9 Å². The molecule has 1 fully saturated rings. The highest BCUT2D eigenvalue weighted by Crippen LogP contribution is 2.29. The summed E-state index contributed by atoms with van der Waals surface area (Å²) in [4.78, 5) is 17.1. The molecule has 8 heteroatoms. The highest BCUT2D eigenvalue weighted by molar-refractivity contribution is 7.08. The first-order valence-electron chi connectivity index (χ1n) is 9.53. The van der Waals surface area contributed by atoms with Crippen molar-refractivity contribution in [1.29, 1.82) is 0 Å². The van der Waals surface area contributed by atoms with Crippen LogP contribution in [-0.4, -0.2) is 57.2 Å². The van der Waals surface area contributed by atoms with Crippen LogP contribution < -0.4 is 0 Å². The van der Waals surface area contributed by atoms with Gasteiger partial charge in [-0.25, -0.2) is 4.52 Å². The molecule has 1 amide bonds. The number of furan rings is 1. The van der Waals surface area contributed by atoms with Gasteiger partial charge in [0.15, 0.2) is 0 Å². The summed E-state index contributed by atoms with van der Waals surface area (Å²) in [6.45, 7) is 3.84. The summed E-state index contributed by atoms with van der Waals surface area (Å²) in [7, 11) is 2.07. The van der Waals surface area contributed by atoms with Crippen LogP contribution in [0.2, 0.25) is 0 Å². The van der Waals surface area contributed by atoms with Crippen molar-refractivity contribution in [2.24, 2.45) is 0 Å². The fraction of sp³-hybridized carbons (Fsp3) is 0.286. The Kier molecular flexibility index (Phi) is 4.44. The molecule has 0 N–H and O–H groups in total. The second-order valence-corrected chi connectivity index (χ2v) is 8.15. The van der Waals surface area contributed by atoms with Crippen molar-refractivity contribution in [1.82, 2.24) is 24.6 Å². The number of aromatic nitrogens is 3. The van der Waals surface area contributed by atoms with E-state index >= 15 is 0 Å². The quantitative estimate of drug-likeness (QED) is 0.520. The molecule has 1 aliphatic heterocycles. The molecular formula is C21H21N5O2S. The number of piperazine rings is 1. The van der Waals surface area contributed by atoms with Crippen molar-refractivity contribution < 1.29 is 9.21 Å². The van der Waals surface area contributed by atoms with E-state index in [2.05, 4.69) is 51.2 Å². The van der Waals surface area contributed by atoms with Gasteiger partial charge in [0.05, 0.1) is 23.4 Å². The highest BCUT2D eigenvalue weighted by Gasteiger charge is 2.32. The van der Waals surface area contributed by atoms with Gasteiger partial charge in [0, 0.05) is 31.4 Å². The molecule has 0 unspecified atom stereocenters. The van der Waals surface area contributed by atoms with Gasteiger partial charge in [-0.1, -0.05) is 11.3 Å². The Morgan fingerprint density at radius 3 is 2.86 bits per heavy atom. The number of thiophene rings is 1. The lowest BCUT2D eigenvalue weighted by Crippen LogP contribution is -2.49. The minimum Gasteiger partial charge on any atom is -0.469 e.